The van der Waals surface area contributed by atoms with Crippen molar-refractivity contribution in [2.75, 3.05) is 19.4 Å². The smallest absolute Gasteiger partial charge is 0.273 e. The van der Waals surface area contributed by atoms with Crippen molar-refractivity contribution in [1.29, 1.82) is 0 Å². The number of nitrogens with one attached hydrogen (secondary N) is 1. The fourth-order valence-electron chi connectivity index (χ4n) is 2.31. The Morgan fingerprint density at radius 1 is 1.29 bits per heavy atom. The number of aromatic nitrogens is 4. The second-order valence-electron chi connectivity index (χ2n) is 5.61. The zero-order valence-electron chi connectivity index (χ0n) is 14.4. The quantitative estimate of drug-likeness (QED) is 0.887. The molecule has 0 atom stereocenters. The van der Waals surface area contributed by atoms with Gasteiger partial charge in [-0.1, -0.05) is 11.6 Å². The molecule has 9 heteroatoms. The highest BCUT2D eigenvalue weighted by atomic mass is 35.5. The summed E-state index contributed by atoms with van der Waals surface area (Å²) >= 11 is 6.09. The van der Waals surface area contributed by atoms with E-state index in [0.29, 0.717) is 28.6 Å². The predicted octanol–water partition coefficient (Wildman–Crippen LogP) is 1.71. The molecule has 0 spiro atoms. The molecule has 2 heterocycles. The lowest BCUT2D eigenvalue weighted by Crippen LogP contribution is -2.27. The van der Waals surface area contributed by atoms with Crippen LogP contribution in [0.25, 0.3) is 0 Å². The lowest BCUT2D eigenvalue weighted by molar-refractivity contribution is -0.116. The van der Waals surface area contributed by atoms with Crippen molar-refractivity contribution in [1.82, 2.24) is 24.5 Å². The second-order valence-corrected chi connectivity index (χ2v) is 5.99. The molecule has 0 unspecified atom stereocenters. The third-order valence-corrected chi connectivity index (χ3v) is 4.16. The molecule has 2 aromatic rings. The topological polar surface area (TPSA) is 85.0 Å². The number of carbonyl (C=O) groups is 2. The first-order chi connectivity index (χ1) is 11.3. The van der Waals surface area contributed by atoms with Gasteiger partial charge in [0.1, 0.15) is 12.2 Å². The third kappa shape index (κ3) is 3.43. The van der Waals surface area contributed by atoms with Crippen molar-refractivity contribution in [2.45, 2.75) is 33.9 Å². The minimum atomic E-state index is -0.305. The summed E-state index contributed by atoms with van der Waals surface area (Å²) in [5.41, 5.74) is 2.12. The standard InChI is InChI=1S/C15H21ClN6O2/c1-6-21-14(15(24)20(4)5)11(7-17-21)18-12(23)8-22-10(3)13(16)9(2)19-22/h7H,6,8H2,1-5H3,(H,18,23). The van der Waals surface area contributed by atoms with E-state index in [1.807, 2.05) is 6.92 Å². The number of nitrogens with zero attached hydrogens (tertiary/aromatic N) is 5. The van der Waals surface area contributed by atoms with Gasteiger partial charge in [0.2, 0.25) is 5.91 Å². The van der Waals surface area contributed by atoms with Gasteiger partial charge in [-0.25, -0.2) is 0 Å². The van der Waals surface area contributed by atoms with Gasteiger partial charge in [0, 0.05) is 20.6 Å². The van der Waals surface area contributed by atoms with E-state index in [1.54, 1.807) is 32.6 Å². The number of rotatable bonds is 5. The van der Waals surface area contributed by atoms with Gasteiger partial charge in [0.25, 0.3) is 5.91 Å². The maximum atomic E-state index is 12.3. The summed E-state index contributed by atoms with van der Waals surface area (Å²) < 4.78 is 3.09. The van der Waals surface area contributed by atoms with Gasteiger partial charge in [-0.3, -0.25) is 19.0 Å². The van der Waals surface area contributed by atoms with Crippen LogP contribution in [0.15, 0.2) is 6.20 Å². The number of carbonyl (C=O) groups excluding carboxylic acids is 2. The maximum Gasteiger partial charge on any atom is 0.273 e. The second kappa shape index (κ2) is 7.04. The molecule has 1 N–H and O–H groups in total. The van der Waals surface area contributed by atoms with E-state index in [1.165, 1.54) is 15.8 Å². The normalized spacial score (nSPS) is 10.8. The van der Waals surface area contributed by atoms with Gasteiger partial charge in [-0.2, -0.15) is 10.2 Å². The number of aryl methyl sites for hydroxylation is 2. The number of amides is 2. The Morgan fingerprint density at radius 3 is 2.46 bits per heavy atom. The van der Waals surface area contributed by atoms with Crippen LogP contribution in [0, 0.1) is 13.8 Å². The van der Waals surface area contributed by atoms with E-state index >= 15 is 0 Å². The molecule has 24 heavy (non-hydrogen) atoms. The first-order valence-corrected chi connectivity index (χ1v) is 7.90. The van der Waals surface area contributed by atoms with E-state index in [0.717, 1.165) is 5.69 Å². The van der Waals surface area contributed by atoms with Crippen LogP contribution in [-0.2, 0) is 17.9 Å². The van der Waals surface area contributed by atoms with Crippen molar-refractivity contribution in [2.24, 2.45) is 0 Å². The molecule has 130 valence electrons. The summed E-state index contributed by atoms with van der Waals surface area (Å²) in [5, 5.41) is 11.6. The summed E-state index contributed by atoms with van der Waals surface area (Å²) in [6.45, 7) is 5.99. The molecule has 0 aliphatic heterocycles. The molecule has 2 amide bonds. The average Bonchev–Trinajstić information content (AvgIpc) is 3.03. The maximum absolute atomic E-state index is 12.3. The Bertz CT molecular complexity index is 777. The lowest BCUT2D eigenvalue weighted by atomic mass is 10.3. The molecule has 2 rings (SSSR count). The van der Waals surface area contributed by atoms with Crippen LogP contribution >= 0.6 is 11.6 Å². The fourth-order valence-corrected chi connectivity index (χ4v) is 2.44. The fraction of sp³-hybridized carbons (Fsp3) is 0.467. The average molecular weight is 353 g/mol. The SMILES string of the molecule is CCn1ncc(NC(=O)Cn2nc(C)c(Cl)c2C)c1C(=O)N(C)C. The summed E-state index contributed by atoms with van der Waals surface area (Å²) in [5.74, 6) is -0.528. The largest absolute Gasteiger partial charge is 0.343 e. The number of hydrogen-bond donors (Lipinski definition) is 1. The van der Waals surface area contributed by atoms with Crippen molar-refractivity contribution < 1.29 is 9.59 Å². The molecule has 0 aliphatic rings. The molecule has 0 radical (unpaired) electrons. The number of halogens is 1. The van der Waals surface area contributed by atoms with Crippen LogP contribution in [0.4, 0.5) is 5.69 Å². The summed E-state index contributed by atoms with van der Waals surface area (Å²) in [6, 6.07) is 0. The van der Waals surface area contributed by atoms with Gasteiger partial charge < -0.3 is 10.2 Å². The highest BCUT2D eigenvalue weighted by molar-refractivity contribution is 6.31. The van der Waals surface area contributed by atoms with Crippen molar-refractivity contribution >= 4 is 29.1 Å². The minimum Gasteiger partial charge on any atom is -0.343 e. The van der Waals surface area contributed by atoms with Crippen LogP contribution < -0.4 is 5.32 Å². The Balaban J connectivity index is 2.21. The summed E-state index contributed by atoms with van der Waals surface area (Å²) in [7, 11) is 3.30. The van der Waals surface area contributed by atoms with Crippen LogP contribution in [0.3, 0.4) is 0 Å². The van der Waals surface area contributed by atoms with Crippen molar-refractivity contribution in [3.05, 3.63) is 28.3 Å². The molecule has 0 saturated heterocycles. The van der Waals surface area contributed by atoms with E-state index < -0.39 is 0 Å². The van der Waals surface area contributed by atoms with Gasteiger partial charge in [0.15, 0.2) is 0 Å². The first-order valence-electron chi connectivity index (χ1n) is 7.53. The monoisotopic (exact) mass is 352 g/mol. The molecule has 0 aromatic carbocycles. The molecule has 0 fully saturated rings. The number of hydrogen-bond acceptors (Lipinski definition) is 4. The minimum absolute atomic E-state index is 0.00624. The molecule has 0 bridgehead atoms. The Labute approximate surface area is 145 Å². The number of anilines is 1. The molecule has 0 aliphatic carbocycles. The summed E-state index contributed by atoms with van der Waals surface area (Å²) in [6.07, 6.45) is 1.48. The van der Waals surface area contributed by atoms with Gasteiger partial charge in [-0.15, -0.1) is 0 Å². The molecule has 0 saturated carbocycles. The van der Waals surface area contributed by atoms with Crippen LogP contribution in [0.2, 0.25) is 5.02 Å². The van der Waals surface area contributed by atoms with Crippen LogP contribution in [0.5, 0.6) is 0 Å². The molecular formula is C15H21ClN6O2. The zero-order valence-corrected chi connectivity index (χ0v) is 15.2. The van der Waals surface area contributed by atoms with Gasteiger partial charge in [-0.05, 0) is 20.8 Å². The molecular weight excluding hydrogens is 332 g/mol. The van der Waals surface area contributed by atoms with Crippen LogP contribution in [-0.4, -0.2) is 50.4 Å². The highest BCUT2D eigenvalue weighted by Crippen LogP contribution is 2.20. The van der Waals surface area contributed by atoms with E-state index in [9.17, 15) is 9.59 Å². The van der Waals surface area contributed by atoms with E-state index in [2.05, 4.69) is 15.5 Å². The Morgan fingerprint density at radius 2 is 1.96 bits per heavy atom. The van der Waals surface area contributed by atoms with Crippen molar-refractivity contribution in [3.8, 4) is 0 Å². The third-order valence-electron chi connectivity index (χ3n) is 3.61. The van der Waals surface area contributed by atoms with Crippen molar-refractivity contribution in [3.63, 3.8) is 0 Å². The lowest BCUT2D eigenvalue weighted by Gasteiger charge is -2.13. The zero-order chi connectivity index (χ0) is 18.0. The van der Waals surface area contributed by atoms with Crippen LogP contribution in [0.1, 0.15) is 28.8 Å². The van der Waals surface area contributed by atoms with E-state index in [4.69, 9.17) is 11.6 Å². The highest BCUT2D eigenvalue weighted by Gasteiger charge is 2.21. The summed E-state index contributed by atoms with van der Waals surface area (Å²) in [4.78, 5) is 26.1. The molecule has 2 aromatic heterocycles. The van der Waals surface area contributed by atoms with Gasteiger partial charge in [0.05, 0.1) is 28.3 Å². The predicted molar refractivity (Wildman–Crippen MR) is 91.3 cm³/mol. The Kier molecular flexibility index (Phi) is 5.28. The first kappa shape index (κ1) is 18.0. The van der Waals surface area contributed by atoms with E-state index in [-0.39, 0.29) is 18.4 Å². The Hall–Kier alpha value is -2.35. The van der Waals surface area contributed by atoms with Gasteiger partial charge >= 0.3 is 0 Å². The molecule has 8 nitrogen and oxygen atoms in total.